The Morgan fingerprint density at radius 1 is 1.48 bits per heavy atom. The summed E-state index contributed by atoms with van der Waals surface area (Å²) < 4.78 is 15.1. The molecule has 1 aromatic rings. The predicted octanol–water partition coefficient (Wildman–Crippen LogP) is 1.49. The molecule has 126 valence electrons. The molecule has 2 heterocycles. The number of hydrogen-bond acceptors (Lipinski definition) is 8. The van der Waals surface area contributed by atoms with E-state index in [1.165, 1.54) is 18.4 Å². The number of nitrogens with one attached hydrogen (secondary N) is 1. The van der Waals surface area contributed by atoms with E-state index in [0.29, 0.717) is 16.6 Å². The summed E-state index contributed by atoms with van der Waals surface area (Å²) in [5, 5.41) is 5.06. The predicted molar refractivity (Wildman–Crippen MR) is 83.5 cm³/mol. The van der Waals surface area contributed by atoms with E-state index >= 15 is 0 Å². The number of carbonyl (C=O) groups excluding carboxylic acids is 2. The molecule has 8 nitrogen and oxygen atoms in total. The highest BCUT2D eigenvalue weighted by atomic mass is 32.1. The quantitative estimate of drug-likeness (QED) is 0.833. The standard InChI is InChI=1S/C14H19N3O5S/c1-14(2,3)22-13(19)15-5-10-16-9(7-23-10)11-17-8(6-21-11)12(18)20-4/h7-8H,5-6H2,1-4H3,(H,15,19)/t8-/m0/s1. The second-order valence-electron chi connectivity index (χ2n) is 5.77. The number of carbonyl (C=O) groups is 2. The van der Waals surface area contributed by atoms with E-state index < -0.39 is 23.7 Å². The van der Waals surface area contributed by atoms with Crippen molar-refractivity contribution in [3.63, 3.8) is 0 Å². The van der Waals surface area contributed by atoms with E-state index in [4.69, 9.17) is 9.47 Å². The van der Waals surface area contributed by atoms with Gasteiger partial charge in [-0.2, -0.15) is 0 Å². The first-order chi connectivity index (χ1) is 10.8. The molecule has 1 N–H and O–H groups in total. The van der Waals surface area contributed by atoms with Gasteiger partial charge in [-0.15, -0.1) is 11.3 Å². The maximum atomic E-state index is 11.6. The molecule has 0 saturated heterocycles. The first-order valence-corrected chi connectivity index (χ1v) is 7.86. The largest absolute Gasteiger partial charge is 0.473 e. The number of hydrogen-bond donors (Lipinski definition) is 1. The van der Waals surface area contributed by atoms with Gasteiger partial charge in [0.1, 0.15) is 22.9 Å². The van der Waals surface area contributed by atoms with Crippen LogP contribution in [0.15, 0.2) is 10.4 Å². The molecule has 23 heavy (non-hydrogen) atoms. The number of thiazole rings is 1. The zero-order valence-corrected chi connectivity index (χ0v) is 14.2. The van der Waals surface area contributed by atoms with E-state index in [-0.39, 0.29) is 13.2 Å². The molecule has 0 saturated carbocycles. The van der Waals surface area contributed by atoms with Crippen molar-refractivity contribution in [3.05, 3.63) is 16.1 Å². The highest BCUT2D eigenvalue weighted by Crippen LogP contribution is 2.16. The van der Waals surface area contributed by atoms with Crippen molar-refractivity contribution in [1.82, 2.24) is 10.3 Å². The number of aliphatic imine (C=N–C) groups is 1. The number of methoxy groups -OCH3 is 1. The highest BCUT2D eigenvalue weighted by molar-refractivity contribution is 7.09. The average molecular weight is 341 g/mol. The van der Waals surface area contributed by atoms with Crippen LogP contribution in [0.5, 0.6) is 0 Å². The molecule has 2 rings (SSSR count). The minimum absolute atomic E-state index is 0.144. The third kappa shape index (κ3) is 4.92. The molecule has 0 radical (unpaired) electrons. The van der Waals surface area contributed by atoms with Gasteiger partial charge in [0.05, 0.1) is 13.7 Å². The van der Waals surface area contributed by atoms with Gasteiger partial charge >= 0.3 is 12.1 Å². The van der Waals surface area contributed by atoms with Gasteiger partial charge in [0, 0.05) is 5.38 Å². The Kier molecular flexibility index (Phi) is 5.19. The summed E-state index contributed by atoms with van der Waals surface area (Å²) in [4.78, 5) is 31.4. The van der Waals surface area contributed by atoms with Crippen molar-refractivity contribution in [1.29, 1.82) is 0 Å². The van der Waals surface area contributed by atoms with E-state index in [1.54, 1.807) is 26.2 Å². The summed E-state index contributed by atoms with van der Waals surface area (Å²) in [6, 6.07) is -0.653. The minimum atomic E-state index is -0.653. The van der Waals surface area contributed by atoms with Crippen LogP contribution in [-0.2, 0) is 25.5 Å². The second kappa shape index (κ2) is 6.95. The van der Waals surface area contributed by atoms with Gasteiger partial charge in [0.25, 0.3) is 0 Å². The molecule has 1 aliphatic rings. The fraction of sp³-hybridized carbons (Fsp3) is 0.571. The zero-order valence-electron chi connectivity index (χ0n) is 13.4. The molecule has 1 amide bonds. The summed E-state index contributed by atoms with van der Waals surface area (Å²) in [6.45, 7) is 5.77. The number of aromatic nitrogens is 1. The van der Waals surface area contributed by atoms with Crippen LogP contribution in [0.3, 0.4) is 0 Å². The van der Waals surface area contributed by atoms with E-state index in [2.05, 4.69) is 20.0 Å². The Bertz CT molecular complexity index is 620. The highest BCUT2D eigenvalue weighted by Gasteiger charge is 2.28. The summed E-state index contributed by atoms with van der Waals surface area (Å²) in [5.41, 5.74) is -0.0182. The molecule has 1 aromatic heterocycles. The maximum Gasteiger partial charge on any atom is 0.408 e. The molecular weight excluding hydrogens is 322 g/mol. The van der Waals surface area contributed by atoms with Crippen LogP contribution in [-0.4, -0.2) is 48.3 Å². The summed E-state index contributed by atoms with van der Waals surface area (Å²) in [7, 11) is 1.30. The van der Waals surface area contributed by atoms with Crippen molar-refractivity contribution < 1.29 is 23.8 Å². The topological polar surface area (TPSA) is 99.1 Å². The van der Waals surface area contributed by atoms with Crippen molar-refractivity contribution in [2.75, 3.05) is 13.7 Å². The van der Waals surface area contributed by atoms with Crippen LogP contribution in [0.2, 0.25) is 0 Å². The first-order valence-electron chi connectivity index (χ1n) is 6.98. The van der Waals surface area contributed by atoms with E-state index in [1.807, 2.05) is 0 Å². The Morgan fingerprint density at radius 2 is 2.22 bits per heavy atom. The molecule has 0 bridgehead atoms. The Balaban J connectivity index is 1.91. The van der Waals surface area contributed by atoms with Gasteiger partial charge in [0.15, 0.2) is 6.04 Å². The first kappa shape index (κ1) is 17.2. The molecule has 1 aliphatic heterocycles. The second-order valence-corrected chi connectivity index (χ2v) is 6.71. The number of esters is 1. The third-order valence-corrected chi connectivity index (χ3v) is 3.53. The lowest BCUT2D eigenvalue weighted by Crippen LogP contribution is -2.32. The van der Waals surface area contributed by atoms with Crippen molar-refractivity contribution >= 4 is 29.3 Å². The molecule has 0 unspecified atom stereocenters. The molecule has 9 heteroatoms. The lowest BCUT2D eigenvalue weighted by Gasteiger charge is -2.19. The lowest BCUT2D eigenvalue weighted by atomic mass is 10.2. The maximum absolute atomic E-state index is 11.6. The van der Waals surface area contributed by atoms with Gasteiger partial charge < -0.3 is 19.5 Å². The van der Waals surface area contributed by atoms with Gasteiger partial charge in [0.2, 0.25) is 5.90 Å². The molecule has 1 atom stereocenters. The van der Waals surface area contributed by atoms with Crippen molar-refractivity contribution in [2.24, 2.45) is 4.99 Å². The van der Waals surface area contributed by atoms with Crippen molar-refractivity contribution in [3.8, 4) is 0 Å². The van der Waals surface area contributed by atoms with Crippen LogP contribution in [0, 0.1) is 0 Å². The zero-order chi connectivity index (χ0) is 17.0. The molecular formula is C14H19N3O5S. The van der Waals surface area contributed by atoms with E-state index in [0.717, 1.165) is 0 Å². The van der Waals surface area contributed by atoms with Gasteiger partial charge in [-0.3, -0.25) is 0 Å². The van der Waals surface area contributed by atoms with Gasteiger partial charge in [-0.25, -0.2) is 19.6 Å². The van der Waals surface area contributed by atoms with Crippen molar-refractivity contribution in [2.45, 2.75) is 39.0 Å². The molecule has 0 spiro atoms. The van der Waals surface area contributed by atoms with Gasteiger partial charge in [-0.1, -0.05) is 0 Å². The Morgan fingerprint density at radius 3 is 2.87 bits per heavy atom. The number of rotatable bonds is 4. The minimum Gasteiger partial charge on any atom is -0.473 e. The Hall–Kier alpha value is -2.16. The Labute approximate surface area is 137 Å². The number of ether oxygens (including phenoxy) is 3. The number of amides is 1. The summed E-state index contributed by atoms with van der Waals surface area (Å²) >= 11 is 1.35. The SMILES string of the molecule is COC(=O)[C@@H]1COC(c2csc(CNC(=O)OC(C)(C)C)n2)=N1. The van der Waals surface area contributed by atoms with Crippen LogP contribution in [0.1, 0.15) is 31.5 Å². The average Bonchev–Trinajstić information content (AvgIpc) is 3.11. The summed E-state index contributed by atoms with van der Waals surface area (Å²) in [6.07, 6.45) is -0.505. The van der Waals surface area contributed by atoms with Crippen LogP contribution >= 0.6 is 11.3 Å². The normalized spacial score (nSPS) is 17.2. The monoisotopic (exact) mass is 341 g/mol. The third-order valence-electron chi connectivity index (χ3n) is 2.68. The lowest BCUT2D eigenvalue weighted by molar-refractivity contribution is -0.142. The van der Waals surface area contributed by atoms with Crippen LogP contribution in [0.4, 0.5) is 4.79 Å². The molecule has 0 fully saturated rings. The van der Waals surface area contributed by atoms with E-state index in [9.17, 15) is 9.59 Å². The fourth-order valence-corrected chi connectivity index (χ4v) is 2.43. The number of alkyl carbamates (subject to hydrolysis) is 1. The van der Waals surface area contributed by atoms with Gasteiger partial charge in [-0.05, 0) is 20.8 Å². The summed E-state index contributed by atoms with van der Waals surface area (Å²) in [5.74, 6) is -0.137. The smallest absolute Gasteiger partial charge is 0.408 e. The molecule has 0 aliphatic carbocycles. The number of nitrogens with zero attached hydrogens (tertiary/aromatic N) is 2. The fourth-order valence-electron chi connectivity index (χ4n) is 1.72. The van der Waals surface area contributed by atoms with Crippen LogP contribution in [0.25, 0.3) is 0 Å². The molecule has 0 aromatic carbocycles. The van der Waals surface area contributed by atoms with Crippen LogP contribution < -0.4 is 5.32 Å².